The fourth-order valence-corrected chi connectivity index (χ4v) is 4.70. The molecule has 0 spiro atoms. The van der Waals surface area contributed by atoms with Crippen molar-refractivity contribution in [2.45, 2.75) is 11.8 Å². The largest absolute Gasteiger partial charge is 0.494 e. The van der Waals surface area contributed by atoms with Crippen LogP contribution in [0.4, 0.5) is 5.69 Å². The zero-order valence-electron chi connectivity index (χ0n) is 16.8. The van der Waals surface area contributed by atoms with Crippen molar-refractivity contribution in [3.63, 3.8) is 0 Å². The quantitative estimate of drug-likeness (QED) is 0.690. The Balaban J connectivity index is 1.57. The molecule has 2 aromatic carbocycles. The molecule has 1 heterocycles. The summed E-state index contributed by atoms with van der Waals surface area (Å²) >= 11 is 0. The van der Waals surface area contributed by atoms with Crippen molar-refractivity contribution in [1.82, 2.24) is 9.21 Å². The van der Waals surface area contributed by atoms with Gasteiger partial charge in [0.1, 0.15) is 5.75 Å². The number of ether oxygens (including phenoxy) is 1. The van der Waals surface area contributed by atoms with E-state index in [-0.39, 0.29) is 30.4 Å². The third-order valence-corrected chi connectivity index (χ3v) is 6.85. The number of hydrogen-bond donors (Lipinski definition) is 0. The lowest BCUT2D eigenvalue weighted by Gasteiger charge is -2.35. The predicted octanol–water partition coefficient (Wildman–Crippen LogP) is 2.05. The lowest BCUT2D eigenvalue weighted by Crippen LogP contribution is -2.52. The fourth-order valence-electron chi connectivity index (χ4n) is 3.28. The number of likely N-dealkylation sites (N-methyl/N-ethyl adjacent to an activating group) is 1. The number of rotatable bonds is 7. The molecule has 1 fully saturated rings. The number of para-hydroxylation sites is 1. The predicted molar refractivity (Wildman–Crippen MR) is 113 cm³/mol. The molecule has 1 saturated heterocycles. The molecule has 0 radical (unpaired) electrons. The van der Waals surface area contributed by atoms with Crippen molar-refractivity contribution in [2.24, 2.45) is 0 Å². The van der Waals surface area contributed by atoms with Gasteiger partial charge in [-0.1, -0.05) is 18.2 Å². The molecule has 29 heavy (non-hydrogen) atoms. The lowest BCUT2D eigenvalue weighted by molar-refractivity contribution is -0.130. The number of benzene rings is 2. The van der Waals surface area contributed by atoms with Gasteiger partial charge < -0.3 is 14.5 Å². The van der Waals surface area contributed by atoms with Crippen LogP contribution in [-0.2, 0) is 14.8 Å². The molecule has 7 nitrogen and oxygen atoms in total. The van der Waals surface area contributed by atoms with Crippen molar-refractivity contribution >= 4 is 21.6 Å². The first-order chi connectivity index (χ1) is 13.9. The average molecular weight is 418 g/mol. The van der Waals surface area contributed by atoms with E-state index in [1.165, 1.54) is 4.31 Å². The number of sulfonamides is 1. The van der Waals surface area contributed by atoms with Gasteiger partial charge >= 0.3 is 0 Å². The Morgan fingerprint density at radius 1 is 1.00 bits per heavy atom. The van der Waals surface area contributed by atoms with Gasteiger partial charge in [-0.2, -0.15) is 4.31 Å². The number of amides is 1. The van der Waals surface area contributed by atoms with Crippen LogP contribution in [0.25, 0.3) is 0 Å². The first-order valence-electron chi connectivity index (χ1n) is 9.69. The van der Waals surface area contributed by atoms with Crippen molar-refractivity contribution < 1.29 is 17.9 Å². The van der Waals surface area contributed by atoms with E-state index in [0.29, 0.717) is 25.4 Å². The normalized spacial score (nSPS) is 15.2. The summed E-state index contributed by atoms with van der Waals surface area (Å²) in [5.74, 6) is 0.638. The van der Waals surface area contributed by atoms with Crippen molar-refractivity contribution in [3.8, 4) is 5.75 Å². The molecular formula is C21H27N3O4S. The van der Waals surface area contributed by atoms with Crippen LogP contribution in [0, 0.1) is 0 Å². The maximum absolute atomic E-state index is 12.9. The molecule has 1 aliphatic rings. The second-order valence-electron chi connectivity index (χ2n) is 6.88. The van der Waals surface area contributed by atoms with Crippen molar-refractivity contribution in [3.05, 3.63) is 54.6 Å². The zero-order valence-corrected chi connectivity index (χ0v) is 17.6. The fraction of sp³-hybridized carbons (Fsp3) is 0.381. The highest BCUT2D eigenvalue weighted by molar-refractivity contribution is 7.89. The van der Waals surface area contributed by atoms with E-state index in [1.807, 2.05) is 49.2 Å². The summed E-state index contributed by atoms with van der Waals surface area (Å²) in [6, 6.07) is 16.2. The summed E-state index contributed by atoms with van der Waals surface area (Å²) in [6.07, 6.45) is 0. The number of anilines is 1. The summed E-state index contributed by atoms with van der Waals surface area (Å²) in [6.45, 7) is 4.02. The van der Waals surface area contributed by atoms with Crippen molar-refractivity contribution in [1.29, 1.82) is 0 Å². The lowest BCUT2D eigenvalue weighted by atomic mass is 10.3. The van der Waals surface area contributed by atoms with Crippen LogP contribution in [0.15, 0.2) is 59.5 Å². The molecule has 0 bridgehead atoms. The van der Waals surface area contributed by atoms with Crippen molar-refractivity contribution in [2.75, 3.05) is 51.3 Å². The van der Waals surface area contributed by atoms with E-state index in [1.54, 1.807) is 29.2 Å². The molecule has 0 unspecified atom stereocenters. The molecule has 1 amide bonds. The third kappa shape index (κ3) is 5.07. The Bertz CT molecular complexity index is 909. The smallest absolute Gasteiger partial charge is 0.243 e. The van der Waals surface area contributed by atoms with Gasteiger partial charge in [-0.05, 0) is 43.3 Å². The highest BCUT2D eigenvalue weighted by Crippen LogP contribution is 2.21. The molecule has 1 aliphatic heterocycles. The van der Waals surface area contributed by atoms with Gasteiger partial charge in [0.25, 0.3) is 0 Å². The summed E-state index contributed by atoms with van der Waals surface area (Å²) < 4.78 is 32.5. The maximum Gasteiger partial charge on any atom is 0.243 e. The second-order valence-corrected chi connectivity index (χ2v) is 8.82. The van der Waals surface area contributed by atoms with Gasteiger partial charge in [0, 0.05) is 38.9 Å². The van der Waals surface area contributed by atoms with Gasteiger partial charge in [-0.15, -0.1) is 0 Å². The van der Waals surface area contributed by atoms with Gasteiger partial charge in [0.2, 0.25) is 15.9 Å². The van der Waals surface area contributed by atoms with Crippen LogP contribution in [-0.4, -0.2) is 69.9 Å². The molecule has 156 valence electrons. The summed E-state index contributed by atoms with van der Waals surface area (Å²) in [5.41, 5.74) is 0.970. The minimum absolute atomic E-state index is 0.00512. The standard InChI is InChI=1S/C21H27N3O4S/c1-3-28-19-9-11-20(12-10-19)29(26,27)24-15-13-23(14-16-24)21(25)17-22(2)18-7-5-4-6-8-18/h4-12H,3,13-17H2,1-2H3. The van der Waals surface area contributed by atoms with E-state index in [2.05, 4.69) is 0 Å². The van der Waals surface area contributed by atoms with Crippen LogP contribution in [0.3, 0.4) is 0 Å². The van der Waals surface area contributed by atoms with E-state index in [9.17, 15) is 13.2 Å². The van der Waals surface area contributed by atoms with Crippen LogP contribution >= 0.6 is 0 Å². The van der Waals surface area contributed by atoms with Crippen LogP contribution in [0.2, 0.25) is 0 Å². The van der Waals surface area contributed by atoms with Gasteiger partial charge in [0.15, 0.2) is 0 Å². The SMILES string of the molecule is CCOc1ccc(S(=O)(=O)N2CCN(C(=O)CN(C)c3ccccc3)CC2)cc1. The first-order valence-corrected chi connectivity index (χ1v) is 11.1. The first kappa shape index (κ1) is 21.1. The highest BCUT2D eigenvalue weighted by Gasteiger charge is 2.30. The molecule has 0 aliphatic carbocycles. The maximum atomic E-state index is 12.9. The molecule has 0 aromatic heterocycles. The number of piperazine rings is 1. The number of nitrogens with zero attached hydrogens (tertiary/aromatic N) is 3. The molecule has 2 aromatic rings. The molecule has 0 N–H and O–H groups in total. The average Bonchev–Trinajstić information content (AvgIpc) is 2.75. The third-order valence-electron chi connectivity index (χ3n) is 4.93. The zero-order chi connectivity index (χ0) is 20.9. The number of hydrogen-bond acceptors (Lipinski definition) is 5. The Hall–Kier alpha value is -2.58. The van der Waals surface area contributed by atoms with E-state index < -0.39 is 10.0 Å². The van der Waals surface area contributed by atoms with E-state index in [4.69, 9.17) is 4.74 Å². The Morgan fingerprint density at radius 3 is 2.21 bits per heavy atom. The van der Waals surface area contributed by atoms with Gasteiger partial charge in [0.05, 0.1) is 18.0 Å². The summed E-state index contributed by atoms with van der Waals surface area (Å²) in [5, 5.41) is 0. The second kappa shape index (κ2) is 9.28. The molecule has 0 atom stereocenters. The molecule has 0 saturated carbocycles. The Labute approximate surface area is 172 Å². The molecule has 3 rings (SSSR count). The van der Waals surface area contributed by atoms with Gasteiger partial charge in [-0.3, -0.25) is 4.79 Å². The monoisotopic (exact) mass is 417 g/mol. The Morgan fingerprint density at radius 2 is 1.62 bits per heavy atom. The van der Waals surface area contributed by atoms with Crippen LogP contribution in [0.5, 0.6) is 5.75 Å². The number of carbonyl (C=O) groups excluding carboxylic acids is 1. The highest BCUT2D eigenvalue weighted by atomic mass is 32.2. The number of carbonyl (C=O) groups is 1. The van der Waals surface area contributed by atoms with E-state index in [0.717, 1.165) is 5.69 Å². The van der Waals surface area contributed by atoms with E-state index >= 15 is 0 Å². The topological polar surface area (TPSA) is 70.2 Å². The molecule has 8 heteroatoms. The minimum Gasteiger partial charge on any atom is -0.494 e. The van der Waals surface area contributed by atoms with Crippen LogP contribution in [0.1, 0.15) is 6.92 Å². The summed E-state index contributed by atoms with van der Waals surface area (Å²) in [4.78, 5) is 16.5. The summed E-state index contributed by atoms with van der Waals surface area (Å²) in [7, 11) is -1.70. The molecular weight excluding hydrogens is 390 g/mol. The Kier molecular flexibility index (Phi) is 6.76. The minimum atomic E-state index is -3.58. The van der Waals surface area contributed by atoms with Crippen LogP contribution < -0.4 is 9.64 Å². The van der Waals surface area contributed by atoms with Gasteiger partial charge in [-0.25, -0.2) is 8.42 Å².